The van der Waals surface area contributed by atoms with E-state index in [9.17, 15) is 14.7 Å². The van der Waals surface area contributed by atoms with Crippen LogP contribution in [0.15, 0.2) is 36.7 Å². The van der Waals surface area contributed by atoms with Gasteiger partial charge in [0.1, 0.15) is 11.7 Å². The topological polar surface area (TPSA) is 83.4 Å². The van der Waals surface area contributed by atoms with Crippen LogP contribution in [0.4, 0.5) is 0 Å². The van der Waals surface area contributed by atoms with Crippen molar-refractivity contribution in [2.75, 3.05) is 0 Å². The molecule has 0 bridgehead atoms. The van der Waals surface area contributed by atoms with Gasteiger partial charge in [0.15, 0.2) is 0 Å². The number of carbonyl (C=O) groups excluding carboxylic acids is 1. The molecule has 2 aromatic rings. The van der Waals surface area contributed by atoms with Crippen LogP contribution in [0.1, 0.15) is 27.3 Å². The number of hydrogen-bond donors (Lipinski definition) is 1. The van der Waals surface area contributed by atoms with Crippen molar-refractivity contribution < 1.29 is 14.7 Å². The maximum absolute atomic E-state index is 12.6. The summed E-state index contributed by atoms with van der Waals surface area (Å²) in [5.41, 5.74) is 2.80. The van der Waals surface area contributed by atoms with E-state index in [2.05, 4.69) is 9.97 Å². The average Bonchev–Trinajstić information content (AvgIpc) is 2.53. The minimum atomic E-state index is -1.01. The summed E-state index contributed by atoms with van der Waals surface area (Å²) in [7, 11) is 0. The van der Waals surface area contributed by atoms with Crippen LogP contribution in [0.5, 0.6) is 0 Å². The zero-order chi connectivity index (χ0) is 15.7. The normalized spacial score (nSPS) is 17.0. The Hall–Kier alpha value is -2.76. The zero-order valence-corrected chi connectivity index (χ0v) is 12.1. The Morgan fingerprint density at radius 1 is 1.18 bits per heavy atom. The Bertz CT molecular complexity index is 728. The molecule has 0 fully saturated rings. The number of amides is 1. The van der Waals surface area contributed by atoms with Crippen LogP contribution in [-0.4, -0.2) is 37.9 Å². The van der Waals surface area contributed by atoms with Crippen molar-refractivity contribution >= 4 is 11.9 Å². The molecule has 1 aliphatic heterocycles. The van der Waals surface area contributed by atoms with E-state index in [1.807, 2.05) is 24.3 Å². The molecule has 0 aliphatic carbocycles. The maximum atomic E-state index is 12.6. The van der Waals surface area contributed by atoms with Crippen molar-refractivity contribution in [1.29, 1.82) is 0 Å². The smallest absolute Gasteiger partial charge is 0.326 e. The van der Waals surface area contributed by atoms with E-state index in [4.69, 9.17) is 0 Å². The molecule has 0 saturated carbocycles. The quantitative estimate of drug-likeness (QED) is 0.906. The predicted octanol–water partition coefficient (Wildman–Crippen LogP) is 1.44. The minimum absolute atomic E-state index is 0.163. The van der Waals surface area contributed by atoms with Gasteiger partial charge in [-0.25, -0.2) is 9.78 Å². The highest BCUT2D eigenvalue weighted by molar-refractivity contribution is 5.95. The van der Waals surface area contributed by atoms with Gasteiger partial charge in [0.05, 0.1) is 11.9 Å². The van der Waals surface area contributed by atoms with Gasteiger partial charge < -0.3 is 10.0 Å². The van der Waals surface area contributed by atoms with Crippen molar-refractivity contribution in [3.8, 4) is 0 Å². The van der Waals surface area contributed by atoms with Gasteiger partial charge in [0.25, 0.3) is 5.91 Å². The highest BCUT2D eigenvalue weighted by Gasteiger charge is 2.35. The molecule has 0 spiro atoms. The summed E-state index contributed by atoms with van der Waals surface area (Å²) in [5, 5.41) is 9.44. The predicted molar refractivity (Wildman–Crippen MR) is 78.2 cm³/mol. The third kappa shape index (κ3) is 2.55. The molecule has 1 atom stereocenters. The van der Waals surface area contributed by atoms with Crippen LogP contribution in [0.25, 0.3) is 0 Å². The average molecular weight is 297 g/mol. The molecule has 1 N–H and O–H groups in total. The van der Waals surface area contributed by atoms with E-state index in [1.165, 1.54) is 17.3 Å². The molecule has 2 heterocycles. The van der Waals surface area contributed by atoms with Crippen molar-refractivity contribution in [3.63, 3.8) is 0 Å². The van der Waals surface area contributed by atoms with Gasteiger partial charge in [-0.2, -0.15) is 0 Å². The molecular formula is C16H15N3O3. The number of aromatic nitrogens is 2. The van der Waals surface area contributed by atoms with Crippen LogP contribution in [0.2, 0.25) is 0 Å². The van der Waals surface area contributed by atoms with Crippen LogP contribution in [0, 0.1) is 6.92 Å². The Morgan fingerprint density at radius 3 is 2.55 bits per heavy atom. The van der Waals surface area contributed by atoms with Gasteiger partial charge in [-0.05, 0) is 18.1 Å². The molecule has 0 saturated heterocycles. The second-order valence-electron chi connectivity index (χ2n) is 5.30. The van der Waals surface area contributed by atoms with Crippen molar-refractivity contribution in [3.05, 3.63) is 59.2 Å². The van der Waals surface area contributed by atoms with Crippen LogP contribution in [-0.2, 0) is 17.8 Å². The number of benzene rings is 1. The van der Waals surface area contributed by atoms with Crippen LogP contribution >= 0.6 is 0 Å². The fourth-order valence-electron chi connectivity index (χ4n) is 2.61. The van der Waals surface area contributed by atoms with E-state index in [0.717, 1.165) is 11.1 Å². The van der Waals surface area contributed by atoms with Crippen molar-refractivity contribution in [2.45, 2.75) is 25.9 Å². The first-order valence-electron chi connectivity index (χ1n) is 6.95. The Kier molecular flexibility index (Phi) is 3.58. The molecule has 6 heteroatoms. The van der Waals surface area contributed by atoms with Gasteiger partial charge in [-0.1, -0.05) is 24.3 Å². The number of nitrogens with zero attached hydrogens (tertiary/aromatic N) is 3. The summed E-state index contributed by atoms with van der Waals surface area (Å²) in [4.78, 5) is 33.6. The second-order valence-corrected chi connectivity index (χ2v) is 5.30. The van der Waals surface area contributed by atoms with E-state index in [1.54, 1.807) is 6.92 Å². The largest absolute Gasteiger partial charge is 0.480 e. The number of rotatable bonds is 2. The maximum Gasteiger partial charge on any atom is 0.326 e. The standard InChI is InChI=1S/C16H15N3O3/c1-10-7-18-13(8-17-10)15(20)19-9-12-5-3-2-4-11(12)6-14(19)16(21)22/h2-5,7-8,14H,6,9H2,1H3,(H,21,22). The molecule has 0 radical (unpaired) electrons. The number of carbonyl (C=O) groups is 2. The fourth-order valence-corrected chi connectivity index (χ4v) is 2.61. The molecule has 6 nitrogen and oxygen atoms in total. The number of fused-ring (bicyclic) bond motifs is 1. The van der Waals surface area contributed by atoms with E-state index in [-0.39, 0.29) is 12.2 Å². The number of aliphatic carboxylic acids is 1. The molecule has 112 valence electrons. The molecule has 1 aromatic heterocycles. The lowest BCUT2D eigenvalue weighted by atomic mass is 9.93. The lowest BCUT2D eigenvalue weighted by Gasteiger charge is -2.34. The SMILES string of the molecule is Cc1cnc(C(=O)N2Cc3ccccc3CC2C(=O)O)cn1. The third-order valence-electron chi connectivity index (χ3n) is 3.79. The highest BCUT2D eigenvalue weighted by Crippen LogP contribution is 2.24. The number of carboxylic acids is 1. The Labute approximate surface area is 127 Å². The second kappa shape index (κ2) is 5.55. The highest BCUT2D eigenvalue weighted by atomic mass is 16.4. The Balaban J connectivity index is 1.95. The number of aryl methyl sites for hydroxylation is 1. The molecule has 22 heavy (non-hydrogen) atoms. The van der Waals surface area contributed by atoms with Gasteiger partial charge >= 0.3 is 5.97 Å². The lowest BCUT2D eigenvalue weighted by Crippen LogP contribution is -2.48. The van der Waals surface area contributed by atoms with E-state index in [0.29, 0.717) is 12.1 Å². The number of carboxylic acid groups (broad SMARTS) is 1. The summed E-state index contributed by atoms with van der Waals surface area (Å²) in [6.45, 7) is 2.04. The van der Waals surface area contributed by atoms with Crippen LogP contribution in [0.3, 0.4) is 0 Å². The van der Waals surface area contributed by atoms with E-state index >= 15 is 0 Å². The number of hydrogen-bond acceptors (Lipinski definition) is 4. The molecule has 1 aromatic carbocycles. The molecule has 1 aliphatic rings. The van der Waals surface area contributed by atoms with Gasteiger partial charge in [-0.3, -0.25) is 9.78 Å². The molecule has 1 unspecified atom stereocenters. The minimum Gasteiger partial charge on any atom is -0.480 e. The fraction of sp³-hybridized carbons (Fsp3) is 0.250. The first kappa shape index (κ1) is 14.2. The van der Waals surface area contributed by atoms with Gasteiger partial charge in [0.2, 0.25) is 0 Å². The van der Waals surface area contributed by atoms with Gasteiger partial charge in [-0.15, -0.1) is 0 Å². The molecular weight excluding hydrogens is 282 g/mol. The van der Waals surface area contributed by atoms with E-state index < -0.39 is 17.9 Å². The lowest BCUT2D eigenvalue weighted by molar-refractivity contribution is -0.142. The third-order valence-corrected chi connectivity index (χ3v) is 3.79. The summed E-state index contributed by atoms with van der Waals surface area (Å²) in [6, 6.07) is 6.69. The van der Waals surface area contributed by atoms with Gasteiger partial charge in [0, 0.05) is 19.2 Å². The monoisotopic (exact) mass is 297 g/mol. The molecule has 1 amide bonds. The Morgan fingerprint density at radius 2 is 1.91 bits per heavy atom. The van der Waals surface area contributed by atoms with Crippen molar-refractivity contribution in [1.82, 2.24) is 14.9 Å². The molecule has 3 rings (SSSR count). The summed E-state index contributed by atoms with van der Waals surface area (Å²) >= 11 is 0. The summed E-state index contributed by atoms with van der Waals surface area (Å²) < 4.78 is 0. The zero-order valence-electron chi connectivity index (χ0n) is 12.1. The first-order chi connectivity index (χ1) is 10.6. The first-order valence-corrected chi connectivity index (χ1v) is 6.95. The summed E-state index contributed by atoms with van der Waals surface area (Å²) in [6.07, 6.45) is 3.19. The van der Waals surface area contributed by atoms with Crippen molar-refractivity contribution in [2.24, 2.45) is 0 Å². The summed E-state index contributed by atoms with van der Waals surface area (Å²) in [5.74, 6) is -1.42. The van der Waals surface area contributed by atoms with Crippen LogP contribution < -0.4 is 0 Å².